The minimum absolute atomic E-state index is 0.229. The molecule has 2 heteroatoms. The van der Waals surface area contributed by atoms with Crippen LogP contribution < -0.4 is 5.73 Å². The van der Waals surface area contributed by atoms with Crippen molar-refractivity contribution in [1.29, 1.82) is 0 Å². The minimum atomic E-state index is 0.229. The largest absolute Gasteiger partial charge is 0.328 e. The molecule has 2 rings (SSSR count). The van der Waals surface area contributed by atoms with Gasteiger partial charge in [-0.2, -0.15) is 0 Å². The molecule has 0 amide bonds. The van der Waals surface area contributed by atoms with E-state index in [4.69, 9.17) is 5.73 Å². The van der Waals surface area contributed by atoms with E-state index in [0.29, 0.717) is 0 Å². The summed E-state index contributed by atoms with van der Waals surface area (Å²) in [4.78, 5) is 1.31. The van der Waals surface area contributed by atoms with Crippen LogP contribution in [0.5, 0.6) is 0 Å². The van der Waals surface area contributed by atoms with Crippen LogP contribution in [-0.2, 0) is 12.2 Å². The molecule has 94 valence electrons. The molecule has 0 aliphatic heterocycles. The van der Waals surface area contributed by atoms with Crippen LogP contribution in [0, 0.1) is 0 Å². The topological polar surface area (TPSA) is 26.0 Å². The van der Waals surface area contributed by atoms with E-state index < -0.39 is 0 Å². The minimum Gasteiger partial charge on any atom is -0.328 e. The number of nitrogens with two attached hydrogens (primary N) is 1. The molecular formula is C16H19NS. The van der Waals surface area contributed by atoms with E-state index in [1.165, 1.54) is 16.0 Å². The predicted octanol–water partition coefficient (Wildman–Crippen LogP) is 3.87. The first-order valence-electron chi connectivity index (χ1n) is 6.25. The van der Waals surface area contributed by atoms with Gasteiger partial charge in [-0.3, -0.25) is 0 Å². The quantitative estimate of drug-likeness (QED) is 0.823. The maximum atomic E-state index is 5.79. The number of benzene rings is 2. The van der Waals surface area contributed by atoms with Gasteiger partial charge in [-0.1, -0.05) is 42.5 Å². The predicted molar refractivity (Wildman–Crippen MR) is 79.8 cm³/mol. The van der Waals surface area contributed by atoms with Crippen LogP contribution >= 0.6 is 11.8 Å². The molecule has 1 unspecified atom stereocenters. The molecule has 0 saturated carbocycles. The second-order valence-corrected chi connectivity index (χ2v) is 5.65. The second-order valence-electron chi connectivity index (χ2n) is 4.60. The average Bonchev–Trinajstić information content (AvgIpc) is 2.38. The van der Waals surface area contributed by atoms with Gasteiger partial charge in [0.1, 0.15) is 0 Å². The lowest BCUT2D eigenvalue weighted by Crippen LogP contribution is -2.17. The zero-order valence-corrected chi connectivity index (χ0v) is 11.5. The summed E-state index contributed by atoms with van der Waals surface area (Å²) in [5.41, 5.74) is 8.47. The Morgan fingerprint density at radius 2 is 1.61 bits per heavy atom. The van der Waals surface area contributed by atoms with E-state index in [1.807, 2.05) is 18.7 Å². The molecule has 1 atom stereocenters. The van der Waals surface area contributed by atoms with Gasteiger partial charge in [0.2, 0.25) is 0 Å². The Labute approximate surface area is 113 Å². The Morgan fingerprint density at radius 1 is 0.944 bits per heavy atom. The van der Waals surface area contributed by atoms with Gasteiger partial charge in [-0.25, -0.2) is 0 Å². The van der Waals surface area contributed by atoms with Crippen molar-refractivity contribution in [1.82, 2.24) is 0 Å². The third-order valence-corrected chi connectivity index (χ3v) is 3.81. The zero-order chi connectivity index (χ0) is 12.8. The fourth-order valence-electron chi connectivity index (χ4n) is 1.83. The van der Waals surface area contributed by atoms with Gasteiger partial charge in [0, 0.05) is 16.7 Å². The Morgan fingerprint density at radius 3 is 2.22 bits per heavy atom. The van der Waals surface area contributed by atoms with E-state index in [9.17, 15) is 0 Å². The number of rotatable bonds is 5. The highest BCUT2D eigenvalue weighted by atomic mass is 32.2. The van der Waals surface area contributed by atoms with Crippen molar-refractivity contribution in [3.63, 3.8) is 0 Å². The monoisotopic (exact) mass is 257 g/mol. The van der Waals surface area contributed by atoms with E-state index in [2.05, 4.69) is 54.6 Å². The molecule has 18 heavy (non-hydrogen) atoms. The van der Waals surface area contributed by atoms with E-state index in [-0.39, 0.29) is 6.04 Å². The highest BCUT2D eigenvalue weighted by Crippen LogP contribution is 2.23. The Balaban J connectivity index is 1.90. The smallest absolute Gasteiger partial charge is 0.0231 e. The molecule has 2 aromatic carbocycles. The highest BCUT2D eigenvalue weighted by molar-refractivity contribution is 7.98. The van der Waals surface area contributed by atoms with Crippen LogP contribution in [0.25, 0.3) is 0 Å². The molecule has 2 N–H and O–H groups in total. The summed E-state index contributed by atoms with van der Waals surface area (Å²) in [7, 11) is 0. The maximum absolute atomic E-state index is 5.79. The first kappa shape index (κ1) is 13.2. The SMILES string of the molecule is CC(N)Cc1ccc(SCc2ccccc2)cc1. The molecule has 0 fully saturated rings. The Kier molecular flexibility index (Phi) is 4.85. The van der Waals surface area contributed by atoms with Crippen LogP contribution in [-0.4, -0.2) is 6.04 Å². The van der Waals surface area contributed by atoms with Crippen LogP contribution in [0.3, 0.4) is 0 Å². The molecule has 0 radical (unpaired) electrons. The van der Waals surface area contributed by atoms with Crippen LogP contribution in [0.2, 0.25) is 0 Å². The summed E-state index contributed by atoms with van der Waals surface area (Å²) in [5.74, 6) is 1.02. The van der Waals surface area contributed by atoms with Crippen molar-refractivity contribution < 1.29 is 0 Å². The van der Waals surface area contributed by atoms with Gasteiger partial charge in [-0.05, 0) is 36.6 Å². The summed E-state index contributed by atoms with van der Waals surface area (Å²) in [6, 6.07) is 19.5. The fourth-order valence-corrected chi connectivity index (χ4v) is 2.69. The lowest BCUT2D eigenvalue weighted by Gasteiger charge is -2.06. The van der Waals surface area contributed by atoms with Crippen LogP contribution in [0.1, 0.15) is 18.1 Å². The molecule has 0 aliphatic carbocycles. The zero-order valence-electron chi connectivity index (χ0n) is 10.7. The van der Waals surface area contributed by atoms with Crippen molar-refractivity contribution in [2.24, 2.45) is 5.73 Å². The normalized spacial score (nSPS) is 12.3. The molecule has 0 bridgehead atoms. The standard InChI is InChI=1S/C16H19NS/c1-13(17)11-14-7-9-16(10-8-14)18-12-15-5-3-2-4-6-15/h2-10,13H,11-12,17H2,1H3. The van der Waals surface area contributed by atoms with Gasteiger partial charge >= 0.3 is 0 Å². The van der Waals surface area contributed by atoms with Crippen LogP contribution in [0.4, 0.5) is 0 Å². The number of thioether (sulfide) groups is 1. The highest BCUT2D eigenvalue weighted by Gasteiger charge is 1.99. The Bertz CT molecular complexity index is 462. The molecule has 0 heterocycles. The average molecular weight is 257 g/mol. The summed E-state index contributed by atoms with van der Waals surface area (Å²) < 4.78 is 0. The molecule has 0 saturated heterocycles. The van der Waals surface area contributed by atoms with Crippen molar-refractivity contribution in [3.8, 4) is 0 Å². The molecule has 0 aromatic heterocycles. The molecular weight excluding hydrogens is 238 g/mol. The van der Waals surface area contributed by atoms with Crippen molar-refractivity contribution in [2.45, 2.75) is 30.0 Å². The summed E-state index contributed by atoms with van der Waals surface area (Å²) in [6.45, 7) is 2.04. The molecule has 2 aromatic rings. The van der Waals surface area contributed by atoms with Crippen molar-refractivity contribution >= 4 is 11.8 Å². The molecule has 1 nitrogen and oxygen atoms in total. The fraction of sp³-hybridized carbons (Fsp3) is 0.250. The van der Waals surface area contributed by atoms with Crippen molar-refractivity contribution in [3.05, 3.63) is 65.7 Å². The van der Waals surface area contributed by atoms with Gasteiger partial charge in [0.25, 0.3) is 0 Å². The lowest BCUT2D eigenvalue weighted by atomic mass is 10.1. The number of hydrogen-bond donors (Lipinski definition) is 1. The third-order valence-electron chi connectivity index (χ3n) is 2.73. The van der Waals surface area contributed by atoms with Gasteiger partial charge in [0.15, 0.2) is 0 Å². The molecule has 0 aliphatic rings. The van der Waals surface area contributed by atoms with E-state index >= 15 is 0 Å². The van der Waals surface area contributed by atoms with Gasteiger partial charge in [0.05, 0.1) is 0 Å². The third kappa shape index (κ3) is 4.21. The van der Waals surface area contributed by atoms with E-state index in [1.54, 1.807) is 0 Å². The lowest BCUT2D eigenvalue weighted by molar-refractivity contribution is 0.737. The van der Waals surface area contributed by atoms with Crippen molar-refractivity contribution in [2.75, 3.05) is 0 Å². The first-order valence-corrected chi connectivity index (χ1v) is 7.24. The van der Waals surface area contributed by atoms with Gasteiger partial charge in [-0.15, -0.1) is 11.8 Å². The maximum Gasteiger partial charge on any atom is 0.0231 e. The molecule has 0 spiro atoms. The second kappa shape index (κ2) is 6.62. The summed E-state index contributed by atoms with van der Waals surface area (Å²) in [6.07, 6.45) is 0.948. The number of hydrogen-bond acceptors (Lipinski definition) is 2. The summed E-state index contributed by atoms with van der Waals surface area (Å²) >= 11 is 1.87. The summed E-state index contributed by atoms with van der Waals surface area (Å²) in [5, 5.41) is 0. The van der Waals surface area contributed by atoms with Gasteiger partial charge < -0.3 is 5.73 Å². The first-order chi connectivity index (χ1) is 8.74. The van der Waals surface area contributed by atoms with E-state index in [0.717, 1.165) is 12.2 Å². The van der Waals surface area contributed by atoms with Crippen LogP contribution in [0.15, 0.2) is 59.5 Å². The Hall–Kier alpha value is -1.25.